The van der Waals surface area contributed by atoms with Crippen molar-refractivity contribution < 1.29 is 32.9 Å². The monoisotopic (exact) mass is 522 g/mol. The molecule has 12 heteroatoms. The van der Waals surface area contributed by atoms with E-state index in [-0.39, 0.29) is 5.75 Å². The Morgan fingerprint density at radius 3 is 2.36 bits per heavy atom. The lowest BCUT2D eigenvalue weighted by Crippen LogP contribution is -2.37. The average Bonchev–Trinajstić information content (AvgIpc) is 3.28. The van der Waals surface area contributed by atoms with Crippen molar-refractivity contribution in [1.29, 1.82) is 0 Å². The van der Waals surface area contributed by atoms with Crippen LogP contribution in [0.25, 0.3) is 11.3 Å². The summed E-state index contributed by atoms with van der Waals surface area (Å²) in [7, 11) is 0. The number of phenolic OH excluding ortho intramolecular Hbond substituents is 1. The van der Waals surface area contributed by atoms with Crippen molar-refractivity contribution in [2.45, 2.75) is 12.6 Å². The van der Waals surface area contributed by atoms with E-state index in [1.807, 2.05) is 36.4 Å². The third-order valence-corrected chi connectivity index (χ3v) is 5.83. The smallest absolute Gasteiger partial charge is 0.490 e. The molecule has 0 unspecified atom stereocenters. The van der Waals surface area contributed by atoms with Gasteiger partial charge in [-0.05, 0) is 36.8 Å². The standard InChI is InChI=1S/C22H21ClN4O2.C2HF3O2/c23-16-4-2-5-17(14-16)27-8-7-19-20(15-3-1-6-18(28)13-15)24-22(25-21(19)27)26-9-11-29-12-10-26;3-2(4,5)1(6)7/h1-6,13-14,28H,7-12H2;(H,6,7). The summed E-state index contributed by atoms with van der Waals surface area (Å²) in [4.78, 5) is 23.1. The van der Waals surface area contributed by atoms with Crippen molar-refractivity contribution in [3.8, 4) is 17.0 Å². The molecule has 0 bridgehead atoms. The summed E-state index contributed by atoms with van der Waals surface area (Å²) in [6, 6.07) is 15.1. The zero-order chi connectivity index (χ0) is 25.9. The maximum absolute atomic E-state index is 10.6. The van der Waals surface area contributed by atoms with Crippen molar-refractivity contribution in [3.63, 3.8) is 0 Å². The minimum atomic E-state index is -5.08. The van der Waals surface area contributed by atoms with Crippen molar-refractivity contribution >= 4 is 35.0 Å². The minimum absolute atomic E-state index is 0.229. The summed E-state index contributed by atoms with van der Waals surface area (Å²) in [5, 5.41) is 17.8. The highest BCUT2D eigenvalue weighted by Gasteiger charge is 2.38. The molecule has 1 saturated heterocycles. The molecular weight excluding hydrogens is 501 g/mol. The topological polar surface area (TPSA) is 99.0 Å². The number of fused-ring (bicyclic) bond motifs is 1. The first kappa shape index (κ1) is 25.5. The molecule has 190 valence electrons. The summed E-state index contributed by atoms with van der Waals surface area (Å²) in [6.07, 6.45) is -4.25. The highest BCUT2D eigenvalue weighted by Crippen LogP contribution is 2.40. The van der Waals surface area contributed by atoms with Crippen LogP contribution in [-0.2, 0) is 16.0 Å². The van der Waals surface area contributed by atoms with E-state index in [0.717, 1.165) is 54.4 Å². The number of halogens is 4. The fourth-order valence-electron chi connectivity index (χ4n) is 3.94. The van der Waals surface area contributed by atoms with Crippen molar-refractivity contribution in [3.05, 3.63) is 59.1 Å². The molecule has 3 heterocycles. The Morgan fingerprint density at radius 1 is 1.03 bits per heavy atom. The lowest BCUT2D eigenvalue weighted by atomic mass is 10.1. The largest absolute Gasteiger partial charge is 0.508 e. The fraction of sp³-hybridized carbons (Fsp3) is 0.292. The number of carboxylic acid groups (broad SMARTS) is 1. The Balaban J connectivity index is 0.000000384. The molecule has 2 aromatic carbocycles. The summed E-state index contributed by atoms with van der Waals surface area (Å²) in [5.74, 6) is -0.929. The molecule has 1 aromatic heterocycles. The van der Waals surface area contributed by atoms with E-state index in [9.17, 15) is 18.3 Å². The number of phenols is 1. The highest BCUT2D eigenvalue weighted by atomic mass is 35.5. The van der Waals surface area contributed by atoms with Crippen LogP contribution < -0.4 is 9.80 Å². The summed E-state index contributed by atoms with van der Waals surface area (Å²) < 4.78 is 37.2. The second-order valence-corrected chi connectivity index (χ2v) is 8.44. The minimum Gasteiger partial charge on any atom is -0.508 e. The Kier molecular flexibility index (Phi) is 7.51. The lowest BCUT2D eigenvalue weighted by molar-refractivity contribution is -0.192. The van der Waals surface area contributed by atoms with Gasteiger partial charge in [-0.3, -0.25) is 0 Å². The maximum Gasteiger partial charge on any atom is 0.490 e. The van der Waals surface area contributed by atoms with E-state index in [1.54, 1.807) is 12.1 Å². The van der Waals surface area contributed by atoms with Gasteiger partial charge in [0.15, 0.2) is 0 Å². The van der Waals surface area contributed by atoms with Gasteiger partial charge < -0.3 is 24.7 Å². The van der Waals surface area contributed by atoms with Gasteiger partial charge in [0, 0.05) is 41.5 Å². The average molecular weight is 523 g/mol. The third-order valence-electron chi connectivity index (χ3n) is 5.59. The molecule has 0 aliphatic carbocycles. The summed E-state index contributed by atoms with van der Waals surface area (Å²) in [6.45, 7) is 3.66. The lowest BCUT2D eigenvalue weighted by Gasteiger charge is -2.28. The number of nitrogens with zero attached hydrogens (tertiary/aromatic N) is 4. The Hall–Kier alpha value is -3.57. The molecule has 5 rings (SSSR count). The zero-order valence-electron chi connectivity index (χ0n) is 18.9. The number of carbonyl (C=O) groups is 1. The fourth-order valence-corrected chi connectivity index (χ4v) is 4.12. The zero-order valence-corrected chi connectivity index (χ0v) is 19.6. The number of aromatic hydroxyl groups is 1. The van der Waals surface area contributed by atoms with Gasteiger partial charge in [0.25, 0.3) is 0 Å². The van der Waals surface area contributed by atoms with Gasteiger partial charge in [-0.1, -0.05) is 29.8 Å². The van der Waals surface area contributed by atoms with E-state index < -0.39 is 12.1 Å². The van der Waals surface area contributed by atoms with Gasteiger partial charge in [0.1, 0.15) is 11.6 Å². The van der Waals surface area contributed by atoms with Gasteiger partial charge >= 0.3 is 12.1 Å². The molecule has 0 amide bonds. The number of carboxylic acids is 1. The summed E-state index contributed by atoms with van der Waals surface area (Å²) >= 11 is 6.24. The number of benzene rings is 2. The molecule has 36 heavy (non-hydrogen) atoms. The van der Waals surface area contributed by atoms with Gasteiger partial charge in [0.05, 0.1) is 18.9 Å². The summed E-state index contributed by atoms with van der Waals surface area (Å²) in [5.41, 5.74) is 3.88. The predicted octanol–water partition coefficient (Wildman–Crippen LogP) is 4.67. The van der Waals surface area contributed by atoms with Gasteiger partial charge in [-0.2, -0.15) is 18.2 Å². The number of ether oxygens (including phenoxy) is 1. The van der Waals surface area contributed by atoms with Gasteiger partial charge in [-0.15, -0.1) is 0 Å². The third kappa shape index (κ3) is 5.80. The number of rotatable bonds is 3. The number of anilines is 3. The number of alkyl halides is 3. The molecular formula is C24H22ClF3N4O4. The van der Waals surface area contributed by atoms with Gasteiger partial charge in [0.2, 0.25) is 5.95 Å². The first-order chi connectivity index (χ1) is 17.1. The number of aliphatic carboxylic acids is 1. The second kappa shape index (κ2) is 10.6. The van der Waals surface area contributed by atoms with Crippen LogP contribution in [0.3, 0.4) is 0 Å². The van der Waals surface area contributed by atoms with Gasteiger partial charge in [-0.25, -0.2) is 9.78 Å². The van der Waals surface area contributed by atoms with Crippen LogP contribution in [0.4, 0.5) is 30.6 Å². The molecule has 0 spiro atoms. The number of hydrogen-bond acceptors (Lipinski definition) is 7. The Bertz CT molecular complexity index is 1250. The molecule has 1 fully saturated rings. The quantitative estimate of drug-likeness (QED) is 0.512. The first-order valence-corrected chi connectivity index (χ1v) is 11.4. The van der Waals surface area contributed by atoms with Crippen molar-refractivity contribution in [2.24, 2.45) is 0 Å². The molecule has 3 aromatic rings. The molecule has 0 radical (unpaired) electrons. The van der Waals surface area contributed by atoms with Crippen LogP contribution in [-0.4, -0.2) is 65.2 Å². The molecule has 0 atom stereocenters. The molecule has 2 aliphatic rings. The van der Waals surface area contributed by atoms with E-state index >= 15 is 0 Å². The van der Waals surface area contributed by atoms with E-state index in [1.165, 1.54) is 0 Å². The van der Waals surface area contributed by atoms with Crippen LogP contribution in [0.15, 0.2) is 48.5 Å². The van der Waals surface area contributed by atoms with E-state index in [4.69, 9.17) is 36.2 Å². The Labute approximate surface area is 209 Å². The SMILES string of the molecule is O=C(O)C(F)(F)F.Oc1cccc(-c2nc(N3CCOCC3)nc3c2CCN3c2cccc(Cl)c2)c1. The van der Waals surface area contributed by atoms with Crippen LogP contribution >= 0.6 is 11.6 Å². The highest BCUT2D eigenvalue weighted by molar-refractivity contribution is 6.30. The first-order valence-electron chi connectivity index (χ1n) is 11.0. The van der Waals surface area contributed by atoms with Crippen molar-refractivity contribution in [2.75, 3.05) is 42.6 Å². The molecule has 2 aliphatic heterocycles. The van der Waals surface area contributed by atoms with Crippen LogP contribution in [0.5, 0.6) is 5.75 Å². The number of aromatic nitrogens is 2. The number of morpholine rings is 1. The molecule has 8 nitrogen and oxygen atoms in total. The van der Waals surface area contributed by atoms with E-state index in [2.05, 4.69) is 9.80 Å². The van der Waals surface area contributed by atoms with Crippen molar-refractivity contribution in [1.82, 2.24) is 9.97 Å². The predicted molar refractivity (Wildman–Crippen MR) is 128 cm³/mol. The van der Waals surface area contributed by atoms with Crippen LogP contribution in [0, 0.1) is 0 Å². The molecule has 0 saturated carbocycles. The number of hydrogen-bond donors (Lipinski definition) is 2. The maximum atomic E-state index is 10.6. The van der Waals surface area contributed by atoms with Crippen LogP contribution in [0.2, 0.25) is 5.02 Å². The Morgan fingerprint density at radius 2 is 1.72 bits per heavy atom. The van der Waals surface area contributed by atoms with Crippen LogP contribution in [0.1, 0.15) is 5.56 Å². The molecule has 2 N–H and O–H groups in total. The normalized spacial score (nSPS) is 15.2. The van der Waals surface area contributed by atoms with E-state index in [0.29, 0.717) is 24.2 Å². The second-order valence-electron chi connectivity index (χ2n) is 8.01.